The number of para-hydroxylation sites is 3. The molecule has 3 aromatic rings. The number of hydrogen-bond donors (Lipinski definition) is 1. The molecule has 0 radical (unpaired) electrons. The summed E-state index contributed by atoms with van der Waals surface area (Å²) in [4.78, 5) is 12.4. The van der Waals surface area contributed by atoms with E-state index in [1.54, 1.807) is 19.2 Å². The van der Waals surface area contributed by atoms with E-state index in [1.807, 2.05) is 43.3 Å². The average Bonchev–Trinajstić information content (AvgIpc) is 2.86. The number of benzene rings is 2. The number of aryl methyl sites for hydroxylation is 1. The Morgan fingerprint density at radius 3 is 2.67 bits per heavy atom. The molecule has 0 fully saturated rings. The fourth-order valence-corrected chi connectivity index (χ4v) is 2.29. The summed E-state index contributed by atoms with van der Waals surface area (Å²) in [6, 6.07) is 14.6. The van der Waals surface area contributed by atoms with Crippen LogP contribution in [0.25, 0.3) is 10.9 Å². The Bertz CT molecular complexity index is 808. The topological polar surface area (TPSA) is 56.1 Å². The molecular formula is C16H15N3O2. The highest BCUT2D eigenvalue weighted by Gasteiger charge is 2.14. The molecule has 5 heteroatoms. The van der Waals surface area contributed by atoms with Crippen molar-refractivity contribution in [1.82, 2.24) is 9.78 Å². The molecule has 0 spiro atoms. The SMILES string of the molecule is COc1ccccc1NC(=O)n1nc(C)c2ccccc21. The number of rotatable bonds is 2. The fraction of sp³-hybridized carbons (Fsp3) is 0.125. The molecule has 0 aliphatic carbocycles. The molecule has 2 aromatic carbocycles. The molecule has 0 saturated heterocycles. The van der Waals surface area contributed by atoms with E-state index in [4.69, 9.17) is 4.74 Å². The summed E-state index contributed by atoms with van der Waals surface area (Å²) in [6.45, 7) is 1.88. The number of hydrogen-bond acceptors (Lipinski definition) is 3. The molecule has 21 heavy (non-hydrogen) atoms. The molecule has 0 aliphatic heterocycles. The van der Waals surface area contributed by atoms with Gasteiger partial charge in [0.15, 0.2) is 0 Å². The van der Waals surface area contributed by atoms with Gasteiger partial charge in [-0.25, -0.2) is 4.79 Å². The number of nitrogens with one attached hydrogen (secondary N) is 1. The van der Waals surface area contributed by atoms with E-state index in [9.17, 15) is 4.79 Å². The van der Waals surface area contributed by atoms with Gasteiger partial charge < -0.3 is 10.1 Å². The van der Waals surface area contributed by atoms with E-state index in [0.717, 1.165) is 16.6 Å². The largest absolute Gasteiger partial charge is 0.495 e. The third kappa shape index (κ3) is 2.33. The Morgan fingerprint density at radius 2 is 1.86 bits per heavy atom. The molecule has 5 nitrogen and oxygen atoms in total. The van der Waals surface area contributed by atoms with Gasteiger partial charge in [-0.3, -0.25) is 0 Å². The first-order chi connectivity index (χ1) is 10.2. The van der Waals surface area contributed by atoms with E-state index in [-0.39, 0.29) is 6.03 Å². The van der Waals surface area contributed by atoms with Crippen LogP contribution in [0.1, 0.15) is 5.69 Å². The zero-order chi connectivity index (χ0) is 14.8. The van der Waals surface area contributed by atoms with Crippen LogP contribution in [-0.4, -0.2) is 22.9 Å². The van der Waals surface area contributed by atoms with Crippen molar-refractivity contribution in [2.75, 3.05) is 12.4 Å². The average molecular weight is 281 g/mol. The first kappa shape index (κ1) is 13.2. The van der Waals surface area contributed by atoms with Crippen molar-refractivity contribution in [3.8, 4) is 5.75 Å². The molecular weight excluding hydrogens is 266 g/mol. The van der Waals surface area contributed by atoms with Crippen molar-refractivity contribution in [3.05, 3.63) is 54.2 Å². The maximum Gasteiger partial charge on any atom is 0.347 e. The van der Waals surface area contributed by atoms with Crippen molar-refractivity contribution in [1.29, 1.82) is 0 Å². The molecule has 1 aromatic heterocycles. The number of methoxy groups -OCH3 is 1. The van der Waals surface area contributed by atoms with Gasteiger partial charge in [-0.2, -0.15) is 9.78 Å². The van der Waals surface area contributed by atoms with Crippen molar-refractivity contribution in [2.24, 2.45) is 0 Å². The quantitative estimate of drug-likeness (QED) is 0.783. The van der Waals surface area contributed by atoms with Gasteiger partial charge in [0.1, 0.15) is 5.75 Å². The summed E-state index contributed by atoms with van der Waals surface area (Å²) in [5, 5.41) is 8.09. The van der Waals surface area contributed by atoms with Crippen LogP contribution >= 0.6 is 0 Å². The van der Waals surface area contributed by atoms with E-state index in [0.29, 0.717) is 11.4 Å². The Balaban J connectivity index is 1.98. The third-order valence-corrected chi connectivity index (χ3v) is 3.31. The molecule has 1 heterocycles. The van der Waals surface area contributed by atoms with Crippen LogP contribution < -0.4 is 10.1 Å². The summed E-state index contributed by atoms with van der Waals surface area (Å²) in [5.74, 6) is 0.610. The summed E-state index contributed by atoms with van der Waals surface area (Å²) in [7, 11) is 1.57. The molecule has 0 unspecified atom stereocenters. The van der Waals surface area contributed by atoms with E-state index >= 15 is 0 Å². The number of carbonyl (C=O) groups is 1. The number of fused-ring (bicyclic) bond motifs is 1. The lowest BCUT2D eigenvalue weighted by atomic mass is 10.2. The molecule has 0 aliphatic rings. The van der Waals surface area contributed by atoms with Gasteiger partial charge in [-0.05, 0) is 25.1 Å². The van der Waals surface area contributed by atoms with E-state index < -0.39 is 0 Å². The fourth-order valence-electron chi connectivity index (χ4n) is 2.29. The molecule has 0 saturated carbocycles. The Hall–Kier alpha value is -2.82. The van der Waals surface area contributed by atoms with Crippen molar-refractivity contribution in [2.45, 2.75) is 6.92 Å². The maximum atomic E-state index is 12.4. The zero-order valence-corrected chi connectivity index (χ0v) is 11.8. The summed E-state index contributed by atoms with van der Waals surface area (Å²) < 4.78 is 6.60. The molecule has 1 N–H and O–H groups in total. The third-order valence-electron chi connectivity index (χ3n) is 3.31. The highest BCUT2D eigenvalue weighted by molar-refractivity contribution is 5.98. The zero-order valence-electron chi connectivity index (χ0n) is 11.8. The first-order valence-corrected chi connectivity index (χ1v) is 6.59. The number of aromatic nitrogens is 2. The van der Waals surface area contributed by atoms with Gasteiger partial charge in [-0.1, -0.05) is 30.3 Å². The molecule has 106 valence electrons. The highest BCUT2D eigenvalue weighted by Crippen LogP contribution is 2.24. The van der Waals surface area contributed by atoms with Crippen LogP contribution in [0.2, 0.25) is 0 Å². The predicted octanol–water partition coefficient (Wildman–Crippen LogP) is 3.43. The second-order valence-corrected chi connectivity index (χ2v) is 4.64. The summed E-state index contributed by atoms with van der Waals surface area (Å²) >= 11 is 0. The van der Waals surface area contributed by atoms with Crippen LogP contribution in [0.4, 0.5) is 10.5 Å². The van der Waals surface area contributed by atoms with E-state index in [2.05, 4.69) is 10.4 Å². The monoisotopic (exact) mass is 281 g/mol. The van der Waals surface area contributed by atoms with Gasteiger partial charge >= 0.3 is 6.03 Å². The lowest BCUT2D eigenvalue weighted by molar-refractivity contribution is 0.251. The normalized spacial score (nSPS) is 10.6. The maximum absolute atomic E-state index is 12.4. The van der Waals surface area contributed by atoms with Gasteiger partial charge in [-0.15, -0.1) is 0 Å². The minimum absolute atomic E-state index is 0.316. The Labute approximate surface area is 122 Å². The van der Waals surface area contributed by atoms with Crippen molar-refractivity contribution >= 4 is 22.6 Å². The van der Waals surface area contributed by atoms with Crippen LogP contribution in [0.15, 0.2) is 48.5 Å². The number of carbonyl (C=O) groups excluding carboxylic acids is 1. The first-order valence-electron chi connectivity index (χ1n) is 6.59. The Morgan fingerprint density at radius 1 is 1.14 bits per heavy atom. The number of nitrogens with zero attached hydrogens (tertiary/aromatic N) is 2. The Kier molecular flexibility index (Phi) is 3.31. The minimum atomic E-state index is -0.316. The smallest absolute Gasteiger partial charge is 0.347 e. The number of anilines is 1. The van der Waals surface area contributed by atoms with Crippen molar-refractivity contribution in [3.63, 3.8) is 0 Å². The van der Waals surface area contributed by atoms with Gasteiger partial charge in [0.05, 0.1) is 24.0 Å². The minimum Gasteiger partial charge on any atom is -0.495 e. The number of amides is 1. The summed E-state index contributed by atoms with van der Waals surface area (Å²) in [6.07, 6.45) is 0. The predicted molar refractivity (Wildman–Crippen MR) is 81.9 cm³/mol. The van der Waals surface area contributed by atoms with Gasteiger partial charge in [0, 0.05) is 5.39 Å². The standard InChI is InChI=1S/C16H15N3O2/c1-11-12-7-3-5-9-14(12)19(18-11)16(20)17-13-8-4-6-10-15(13)21-2/h3-10H,1-2H3,(H,17,20). The van der Waals surface area contributed by atoms with Crippen LogP contribution in [0, 0.1) is 6.92 Å². The highest BCUT2D eigenvalue weighted by atomic mass is 16.5. The molecule has 1 amide bonds. The lowest BCUT2D eigenvalue weighted by Crippen LogP contribution is -2.21. The van der Waals surface area contributed by atoms with Crippen LogP contribution in [0.5, 0.6) is 5.75 Å². The van der Waals surface area contributed by atoms with Gasteiger partial charge in [0.25, 0.3) is 0 Å². The van der Waals surface area contributed by atoms with Crippen molar-refractivity contribution < 1.29 is 9.53 Å². The summed E-state index contributed by atoms with van der Waals surface area (Å²) in [5.41, 5.74) is 2.21. The van der Waals surface area contributed by atoms with Crippen LogP contribution in [0.3, 0.4) is 0 Å². The second-order valence-electron chi connectivity index (χ2n) is 4.64. The van der Waals surface area contributed by atoms with Crippen LogP contribution in [-0.2, 0) is 0 Å². The van der Waals surface area contributed by atoms with Gasteiger partial charge in [0.2, 0.25) is 0 Å². The molecule has 0 bridgehead atoms. The van der Waals surface area contributed by atoms with E-state index in [1.165, 1.54) is 4.68 Å². The lowest BCUT2D eigenvalue weighted by Gasteiger charge is -2.09. The molecule has 3 rings (SSSR count). The number of ether oxygens (including phenoxy) is 1. The molecule has 0 atom stereocenters. The second kappa shape index (κ2) is 5.28.